The third-order valence-corrected chi connectivity index (χ3v) is 5.38. The van der Waals surface area contributed by atoms with Crippen LogP contribution in [0, 0.1) is 6.92 Å². The Morgan fingerprint density at radius 2 is 1.89 bits per heavy atom. The smallest absolute Gasteiger partial charge is 0.328 e. The van der Waals surface area contributed by atoms with Crippen molar-refractivity contribution in [3.05, 3.63) is 29.3 Å². The predicted molar refractivity (Wildman–Crippen MR) is 106 cm³/mol. The average Bonchev–Trinajstić information content (AvgIpc) is 2.63. The van der Waals surface area contributed by atoms with E-state index in [1.807, 2.05) is 25.1 Å². The van der Waals surface area contributed by atoms with Crippen molar-refractivity contribution >= 4 is 27.5 Å². The van der Waals surface area contributed by atoms with E-state index in [9.17, 15) is 18.0 Å². The van der Waals surface area contributed by atoms with Gasteiger partial charge in [0, 0.05) is 11.4 Å². The van der Waals surface area contributed by atoms with E-state index in [2.05, 4.69) is 18.0 Å². The largest absolute Gasteiger partial charge is 0.480 e. The number of aryl methyl sites for hydroxylation is 2. The molecule has 0 amide bonds. The third-order valence-electron chi connectivity index (χ3n) is 3.71. The second-order valence-corrected chi connectivity index (χ2v) is 8.30. The number of carbonyl (C=O) groups excluding carboxylic acids is 1. The molecule has 0 unspecified atom stereocenters. The number of nitrogens with two attached hydrogens (primary N) is 1. The van der Waals surface area contributed by atoms with E-state index >= 15 is 0 Å². The summed E-state index contributed by atoms with van der Waals surface area (Å²) in [7, 11) is -3.11. The molecule has 1 aromatic carbocycles. The number of anilines is 1. The van der Waals surface area contributed by atoms with Gasteiger partial charge in [-0.2, -0.15) is 0 Å². The molecular weight excluding hydrogens is 372 g/mol. The molecule has 1 aromatic rings. The van der Waals surface area contributed by atoms with Gasteiger partial charge in [0.1, 0.15) is 12.6 Å². The maximum atomic E-state index is 12.0. The Bertz CT molecular complexity index is 719. The van der Waals surface area contributed by atoms with Crippen LogP contribution in [0.2, 0.25) is 0 Å². The van der Waals surface area contributed by atoms with E-state index in [1.165, 1.54) is 0 Å². The number of carboxylic acids is 1. The highest BCUT2D eigenvalue weighted by molar-refractivity contribution is 7.91. The summed E-state index contributed by atoms with van der Waals surface area (Å²) in [6.45, 7) is 6.94. The Hall–Kier alpha value is -2.13. The van der Waals surface area contributed by atoms with Gasteiger partial charge in [-0.3, -0.25) is 4.79 Å². The highest BCUT2D eigenvalue weighted by atomic mass is 32.2. The number of sulfone groups is 1. The lowest BCUT2D eigenvalue weighted by atomic mass is 10.1. The normalized spacial score (nSPS) is 11.7. The molecule has 27 heavy (non-hydrogen) atoms. The summed E-state index contributed by atoms with van der Waals surface area (Å²) in [5.41, 5.74) is 7.71. The van der Waals surface area contributed by atoms with E-state index in [1.54, 1.807) is 13.8 Å². The van der Waals surface area contributed by atoms with Crippen LogP contribution in [0.3, 0.4) is 0 Å². The average molecular weight is 403 g/mol. The summed E-state index contributed by atoms with van der Waals surface area (Å²) in [5.74, 6) is -1.49. The number of benzene rings is 1. The van der Waals surface area contributed by atoms with Crippen LogP contribution < -0.4 is 11.1 Å². The molecule has 1 atom stereocenters. The zero-order valence-electron chi connectivity index (χ0n) is 16.3. The van der Waals surface area contributed by atoms with Gasteiger partial charge in [-0.05, 0) is 31.4 Å². The molecule has 0 aliphatic rings. The SMILES string of the molecule is CCc1cccc(C)c1N[C@@H](C)C(=O)OCCS(=O)(=O)CC.NCC(=O)O. The van der Waals surface area contributed by atoms with Crippen molar-refractivity contribution in [1.29, 1.82) is 0 Å². The Labute approximate surface area is 161 Å². The van der Waals surface area contributed by atoms with Gasteiger partial charge >= 0.3 is 11.9 Å². The first-order chi connectivity index (χ1) is 12.6. The van der Waals surface area contributed by atoms with Gasteiger partial charge in [-0.1, -0.05) is 32.0 Å². The number of esters is 1. The fraction of sp³-hybridized carbons (Fsp3) is 0.556. The molecule has 0 aliphatic carbocycles. The lowest BCUT2D eigenvalue weighted by Crippen LogP contribution is -2.30. The quantitative estimate of drug-likeness (QED) is 0.527. The molecular formula is C18H30N2O6S. The number of aliphatic carboxylic acids is 1. The summed E-state index contributed by atoms with van der Waals surface area (Å²) in [4.78, 5) is 21.2. The molecule has 4 N–H and O–H groups in total. The number of hydrogen-bond acceptors (Lipinski definition) is 7. The van der Waals surface area contributed by atoms with Gasteiger partial charge in [0.05, 0.1) is 12.3 Å². The summed E-state index contributed by atoms with van der Waals surface area (Å²) in [6, 6.07) is 5.45. The summed E-state index contributed by atoms with van der Waals surface area (Å²) < 4.78 is 27.8. The first-order valence-electron chi connectivity index (χ1n) is 8.71. The maximum Gasteiger partial charge on any atom is 0.328 e. The van der Waals surface area contributed by atoms with Crippen LogP contribution in [-0.4, -0.2) is 56.2 Å². The highest BCUT2D eigenvalue weighted by Crippen LogP contribution is 2.22. The van der Waals surface area contributed by atoms with Crippen LogP contribution in [0.1, 0.15) is 31.9 Å². The number of carbonyl (C=O) groups is 2. The third kappa shape index (κ3) is 9.95. The standard InChI is InChI=1S/C16H25NO4S.C2H5NO2/c1-5-14-9-7-8-12(3)15(14)17-13(4)16(18)21-10-11-22(19,20)6-2;3-1-2(4)5/h7-9,13,17H,5-6,10-11H2,1-4H3;1,3H2,(H,4,5)/t13-;/m0./s1. The van der Waals surface area contributed by atoms with Gasteiger partial charge in [0.15, 0.2) is 9.84 Å². The lowest BCUT2D eigenvalue weighted by molar-refractivity contribution is -0.143. The minimum Gasteiger partial charge on any atom is -0.480 e. The molecule has 8 nitrogen and oxygen atoms in total. The van der Waals surface area contributed by atoms with Gasteiger partial charge < -0.3 is 20.9 Å². The number of carboxylic acid groups (broad SMARTS) is 1. The molecule has 0 aliphatic heterocycles. The minimum atomic E-state index is -3.11. The first-order valence-corrected chi connectivity index (χ1v) is 10.5. The minimum absolute atomic E-state index is 0.0570. The van der Waals surface area contributed by atoms with E-state index in [0.717, 1.165) is 23.2 Å². The molecule has 0 heterocycles. The molecule has 1 rings (SSSR count). The zero-order valence-corrected chi connectivity index (χ0v) is 17.1. The zero-order chi connectivity index (χ0) is 21.0. The Morgan fingerprint density at radius 3 is 2.37 bits per heavy atom. The van der Waals surface area contributed by atoms with E-state index in [0.29, 0.717) is 0 Å². The van der Waals surface area contributed by atoms with Crippen molar-refractivity contribution in [1.82, 2.24) is 0 Å². The number of hydrogen-bond donors (Lipinski definition) is 3. The fourth-order valence-corrected chi connectivity index (χ4v) is 2.67. The molecule has 0 spiro atoms. The molecule has 0 saturated heterocycles. The van der Waals surface area contributed by atoms with Gasteiger partial charge in [0.2, 0.25) is 0 Å². The van der Waals surface area contributed by atoms with Crippen LogP contribution >= 0.6 is 0 Å². The number of nitrogens with one attached hydrogen (secondary N) is 1. The summed E-state index contributed by atoms with van der Waals surface area (Å²) in [5, 5.41) is 10.8. The molecule has 0 bridgehead atoms. The van der Waals surface area contributed by atoms with Crippen molar-refractivity contribution in [3.63, 3.8) is 0 Å². The highest BCUT2D eigenvalue weighted by Gasteiger charge is 2.17. The van der Waals surface area contributed by atoms with Crippen LogP contribution in [0.15, 0.2) is 18.2 Å². The first kappa shape index (κ1) is 24.9. The topological polar surface area (TPSA) is 136 Å². The molecule has 154 valence electrons. The van der Waals surface area contributed by atoms with Crippen molar-refractivity contribution in [2.24, 2.45) is 5.73 Å². The summed E-state index contributed by atoms with van der Waals surface area (Å²) in [6.07, 6.45) is 0.862. The van der Waals surface area contributed by atoms with Gasteiger partial charge in [-0.25, -0.2) is 13.2 Å². The number of rotatable bonds is 9. The van der Waals surface area contributed by atoms with Crippen LogP contribution in [0.4, 0.5) is 5.69 Å². The second-order valence-electron chi connectivity index (χ2n) is 5.83. The predicted octanol–water partition coefficient (Wildman–Crippen LogP) is 1.37. The molecule has 0 radical (unpaired) electrons. The Balaban J connectivity index is 0.00000119. The Morgan fingerprint density at radius 1 is 1.30 bits per heavy atom. The van der Waals surface area contributed by atoms with Crippen LogP contribution in [-0.2, 0) is 30.6 Å². The number of para-hydroxylation sites is 1. The van der Waals surface area contributed by atoms with Crippen molar-refractivity contribution in [3.8, 4) is 0 Å². The van der Waals surface area contributed by atoms with E-state index < -0.39 is 27.8 Å². The van der Waals surface area contributed by atoms with Crippen molar-refractivity contribution in [2.45, 2.75) is 40.2 Å². The van der Waals surface area contributed by atoms with Gasteiger partial charge in [-0.15, -0.1) is 0 Å². The second kappa shape index (κ2) is 12.3. The van der Waals surface area contributed by atoms with Crippen LogP contribution in [0.5, 0.6) is 0 Å². The lowest BCUT2D eigenvalue weighted by Gasteiger charge is -2.19. The van der Waals surface area contributed by atoms with Gasteiger partial charge in [0.25, 0.3) is 0 Å². The van der Waals surface area contributed by atoms with E-state index in [-0.39, 0.29) is 24.7 Å². The molecule has 9 heteroatoms. The molecule has 0 aromatic heterocycles. The van der Waals surface area contributed by atoms with Crippen molar-refractivity contribution < 1.29 is 27.9 Å². The number of ether oxygens (including phenoxy) is 1. The monoisotopic (exact) mass is 402 g/mol. The van der Waals surface area contributed by atoms with E-state index in [4.69, 9.17) is 9.84 Å². The fourth-order valence-electron chi connectivity index (χ4n) is 2.04. The summed E-state index contributed by atoms with van der Waals surface area (Å²) >= 11 is 0. The van der Waals surface area contributed by atoms with Crippen LogP contribution in [0.25, 0.3) is 0 Å². The molecule has 0 fully saturated rings. The Kier molecular flexibility index (Phi) is 11.3. The maximum absolute atomic E-state index is 12.0. The van der Waals surface area contributed by atoms with Crippen molar-refractivity contribution in [2.75, 3.05) is 30.0 Å². The molecule has 0 saturated carbocycles.